The molecule has 2 aromatic heterocycles. The van der Waals surface area contributed by atoms with E-state index in [1.807, 2.05) is 4.90 Å². The fourth-order valence-corrected chi connectivity index (χ4v) is 3.49. The van der Waals surface area contributed by atoms with Crippen LogP contribution >= 0.6 is 35.3 Å². The number of hydrogen-bond donors (Lipinski definition) is 2. The molecule has 1 fully saturated rings. The summed E-state index contributed by atoms with van der Waals surface area (Å²) >= 11 is 0.936. The highest BCUT2D eigenvalue weighted by Gasteiger charge is 2.33. The first kappa shape index (κ1) is 22.6. The van der Waals surface area contributed by atoms with Gasteiger partial charge in [0, 0.05) is 37.8 Å². The third-order valence-corrected chi connectivity index (χ3v) is 4.89. The molecule has 0 spiro atoms. The minimum atomic E-state index is -4.44. The maximum atomic E-state index is 13.8. The van der Waals surface area contributed by atoms with Gasteiger partial charge >= 0.3 is 6.18 Å². The van der Waals surface area contributed by atoms with E-state index in [0.29, 0.717) is 29.9 Å². The molecule has 28 heavy (non-hydrogen) atoms. The number of thiazole rings is 1. The zero-order valence-electron chi connectivity index (χ0n) is 14.8. The van der Waals surface area contributed by atoms with Gasteiger partial charge in [0.1, 0.15) is 5.01 Å². The van der Waals surface area contributed by atoms with Gasteiger partial charge in [0.25, 0.3) is 0 Å². The summed E-state index contributed by atoms with van der Waals surface area (Å²) in [4.78, 5) is 13.6. The van der Waals surface area contributed by atoms with E-state index in [9.17, 15) is 17.6 Å². The molecule has 0 radical (unpaired) electrons. The molecule has 0 saturated carbocycles. The molecule has 1 aliphatic heterocycles. The van der Waals surface area contributed by atoms with Crippen molar-refractivity contribution in [2.45, 2.75) is 25.2 Å². The van der Waals surface area contributed by atoms with Crippen LogP contribution in [0.5, 0.6) is 0 Å². The van der Waals surface area contributed by atoms with Crippen molar-refractivity contribution in [2.75, 3.05) is 25.0 Å². The lowest BCUT2D eigenvalue weighted by Gasteiger charge is -2.19. The highest BCUT2D eigenvalue weighted by molar-refractivity contribution is 14.0. The minimum absolute atomic E-state index is 0. The van der Waals surface area contributed by atoms with Crippen LogP contribution in [0.25, 0.3) is 0 Å². The smallest absolute Gasteiger partial charge is 0.352 e. The van der Waals surface area contributed by atoms with Gasteiger partial charge in [0.15, 0.2) is 23.3 Å². The fraction of sp³-hybridized carbons (Fsp3) is 0.438. The molecule has 12 heteroatoms. The van der Waals surface area contributed by atoms with Gasteiger partial charge in [-0.15, -0.1) is 35.3 Å². The summed E-state index contributed by atoms with van der Waals surface area (Å²) in [5, 5.41) is 7.45. The Bertz CT molecular complexity index is 812. The van der Waals surface area contributed by atoms with Crippen molar-refractivity contribution >= 4 is 47.1 Å². The molecule has 2 N–H and O–H groups in total. The third-order valence-electron chi connectivity index (χ3n) is 4.04. The van der Waals surface area contributed by atoms with Gasteiger partial charge in [-0.2, -0.15) is 13.2 Å². The monoisotopic (exact) mass is 530 g/mol. The van der Waals surface area contributed by atoms with E-state index >= 15 is 0 Å². The number of aliphatic imine (C=N–C) groups is 1. The third kappa shape index (κ3) is 5.65. The summed E-state index contributed by atoms with van der Waals surface area (Å²) in [6.45, 7) is 1.32. The lowest BCUT2D eigenvalue weighted by atomic mass is 10.3. The van der Waals surface area contributed by atoms with Crippen LogP contribution in [0.1, 0.15) is 17.1 Å². The largest absolute Gasteiger partial charge is 0.434 e. The molecule has 1 unspecified atom stereocenters. The van der Waals surface area contributed by atoms with Gasteiger partial charge < -0.3 is 15.5 Å². The van der Waals surface area contributed by atoms with Crippen LogP contribution in [0.3, 0.4) is 0 Å². The number of pyridine rings is 1. The van der Waals surface area contributed by atoms with Gasteiger partial charge in [0.05, 0.1) is 6.54 Å². The Morgan fingerprint density at radius 3 is 2.86 bits per heavy atom. The predicted octanol–water partition coefficient (Wildman–Crippen LogP) is 3.26. The predicted molar refractivity (Wildman–Crippen MR) is 111 cm³/mol. The molecule has 3 heterocycles. The van der Waals surface area contributed by atoms with Crippen LogP contribution in [-0.4, -0.2) is 42.1 Å². The molecule has 1 saturated heterocycles. The number of rotatable bonds is 4. The first-order valence-corrected chi connectivity index (χ1v) is 9.09. The molecule has 0 aromatic carbocycles. The second-order valence-corrected chi connectivity index (χ2v) is 6.88. The number of aromatic nitrogens is 2. The fourth-order valence-electron chi connectivity index (χ4n) is 2.75. The summed E-state index contributed by atoms with van der Waals surface area (Å²) in [6.07, 6.45) is -2.14. The number of hydrogen-bond acceptors (Lipinski definition) is 5. The lowest BCUT2D eigenvalue weighted by Crippen LogP contribution is -2.44. The van der Waals surface area contributed by atoms with Crippen molar-refractivity contribution in [3.05, 3.63) is 40.2 Å². The van der Waals surface area contributed by atoms with E-state index in [1.165, 1.54) is 6.07 Å². The molecule has 3 rings (SSSR count). The van der Waals surface area contributed by atoms with Gasteiger partial charge in [-0.05, 0) is 18.6 Å². The van der Waals surface area contributed by atoms with Crippen LogP contribution in [0.4, 0.5) is 23.4 Å². The zero-order chi connectivity index (χ0) is 19.4. The summed E-state index contributed by atoms with van der Waals surface area (Å²) < 4.78 is 51.6. The number of halogens is 5. The minimum Gasteiger partial charge on any atom is -0.352 e. The van der Waals surface area contributed by atoms with Crippen molar-refractivity contribution in [2.24, 2.45) is 4.99 Å². The Kier molecular flexibility index (Phi) is 7.80. The topological polar surface area (TPSA) is 65.4 Å². The van der Waals surface area contributed by atoms with E-state index in [-0.39, 0.29) is 42.4 Å². The van der Waals surface area contributed by atoms with Gasteiger partial charge in [-0.1, -0.05) is 0 Å². The van der Waals surface area contributed by atoms with E-state index in [0.717, 1.165) is 23.1 Å². The van der Waals surface area contributed by atoms with E-state index in [4.69, 9.17) is 0 Å². The van der Waals surface area contributed by atoms with Crippen molar-refractivity contribution in [3.63, 3.8) is 0 Å². The number of anilines is 1. The van der Waals surface area contributed by atoms with Crippen LogP contribution < -0.4 is 15.5 Å². The van der Waals surface area contributed by atoms with E-state index in [2.05, 4.69) is 25.6 Å². The average molecular weight is 530 g/mol. The maximum absolute atomic E-state index is 13.8. The lowest BCUT2D eigenvalue weighted by molar-refractivity contribution is -0.140. The molecule has 154 valence electrons. The molecular formula is C16H19F4IN6S. The first-order valence-electron chi connectivity index (χ1n) is 8.21. The van der Waals surface area contributed by atoms with E-state index < -0.39 is 11.9 Å². The van der Waals surface area contributed by atoms with Crippen molar-refractivity contribution in [1.82, 2.24) is 20.6 Å². The van der Waals surface area contributed by atoms with Crippen molar-refractivity contribution < 1.29 is 17.6 Å². The summed E-state index contributed by atoms with van der Waals surface area (Å²) in [7, 11) is 1.57. The van der Waals surface area contributed by atoms with Crippen LogP contribution in [0, 0.1) is 5.82 Å². The van der Waals surface area contributed by atoms with Crippen LogP contribution in [0.2, 0.25) is 0 Å². The van der Waals surface area contributed by atoms with Crippen molar-refractivity contribution in [3.8, 4) is 0 Å². The first-order chi connectivity index (χ1) is 12.9. The highest BCUT2D eigenvalue weighted by atomic mass is 127. The Hall–Kier alpha value is -1.70. The Morgan fingerprint density at radius 2 is 2.21 bits per heavy atom. The molecule has 2 aromatic rings. The normalized spacial score (nSPS) is 17.4. The highest BCUT2D eigenvalue weighted by Crippen LogP contribution is 2.29. The summed E-state index contributed by atoms with van der Waals surface area (Å²) in [5.41, 5.74) is -0.893. The second kappa shape index (κ2) is 9.67. The number of alkyl halides is 3. The summed E-state index contributed by atoms with van der Waals surface area (Å²) in [6, 6.07) is 2.92. The molecule has 0 amide bonds. The zero-order valence-corrected chi connectivity index (χ0v) is 18.0. The standard InChI is InChI=1S/C16H18F4N6S.HI/c1-21-15(23-7-13-25-12(9-27-13)16(18,19)20)24-10-4-6-26(8-10)14-11(17)3-2-5-22-14;/h2-3,5,9-10H,4,6-8H2,1H3,(H2,21,23,24);1H. The molecule has 1 atom stereocenters. The van der Waals surface area contributed by atoms with Gasteiger partial charge in [-0.3, -0.25) is 4.99 Å². The molecule has 0 aliphatic carbocycles. The Balaban J connectivity index is 0.00000280. The number of guanidine groups is 1. The second-order valence-electron chi connectivity index (χ2n) is 5.93. The average Bonchev–Trinajstić information content (AvgIpc) is 3.28. The molecule has 6 nitrogen and oxygen atoms in total. The number of nitrogens with zero attached hydrogens (tertiary/aromatic N) is 4. The summed E-state index contributed by atoms with van der Waals surface area (Å²) in [5.74, 6) is 0.393. The number of nitrogens with one attached hydrogen (secondary N) is 2. The van der Waals surface area contributed by atoms with Gasteiger partial charge in [0.2, 0.25) is 0 Å². The van der Waals surface area contributed by atoms with Crippen LogP contribution in [-0.2, 0) is 12.7 Å². The maximum Gasteiger partial charge on any atom is 0.434 e. The molecule has 0 bridgehead atoms. The Labute approximate surface area is 180 Å². The quantitative estimate of drug-likeness (QED) is 0.275. The van der Waals surface area contributed by atoms with Crippen LogP contribution in [0.15, 0.2) is 28.7 Å². The Morgan fingerprint density at radius 1 is 1.43 bits per heavy atom. The molecular weight excluding hydrogens is 511 g/mol. The van der Waals surface area contributed by atoms with Crippen molar-refractivity contribution in [1.29, 1.82) is 0 Å². The van der Waals surface area contributed by atoms with Gasteiger partial charge in [-0.25, -0.2) is 14.4 Å². The van der Waals surface area contributed by atoms with E-state index in [1.54, 1.807) is 19.3 Å². The SMILES string of the molecule is CN=C(NCc1nc(C(F)(F)F)cs1)NC1CCN(c2ncccc2F)C1.I. The molecule has 1 aliphatic rings.